The zero-order chi connectivity index (χ0) is 18.8. The molecular weight excluding hydrogens is 348 g/mol. The minimum Gasteiger partial charge on any atom is -0.463 e. The van der Waals surface area contributed by atoms with Gasteiger partial charge in [0.15, 0.2) is 0 Å². The standard InChI is InChI=1S/C16H32O8Si/c1-5-10-16(17)21-11-9-12-25(22-13-18-6-2,23-14-19-7-3)24-15-20-8-4/h5,10H,6-9,11-15H2,1-4H3. The molecule has 9 heteroatoms. The van der Waals surface area contributed by atoms with Crippen molar-refractivity contribution in [2.24, 2.45) is 0 Å². The first-order chi connectivity index (χ1) is 12.1. The Hall–Kier alpha value is -0.813. The van der Waals surface area contributed by atoms with E-state index in [1.165, 1.54) is 6.08 Å². The third-order valence-corrected chi connectivity index (χ3v) is 5.51. The number of rotatable bonds is 17. The zero-order valence-electron chi connectivity index (χ0n) is 15.8. The Morgan fingerprint density at radius 1 is 0.880 bits per heavy atom. The number of hydrogen-bond acceptors (Lipinski definition) is 8. The number of esters is 1. The first kappa shape index (κ1) is 24.2. The van der Waals surface area contributed by atoms with Gasteiger partial charge in [0.1, 0.15) is 20.4 Å². The minimum atomic E-state index is -3.08. The molecule has 0 aromatic heterocycles. The maximum atomic E-state index is 11.3. The fraction of sp³-hybridized carbons (Fsp3) is 0.812. The summed E-state index contributed by atoms with van der Waals surface area (Å²) >= 11 is 0. The maximum Gasteiger partial charge on any atom is 0.506 e. The predicted octanol–water partition coefficient (Wildman–Crippen LogP) is 2.47. The summed E-state index contributed by atoms with van der Waals surface area (Å²) in [5.41, 5.74) is 0. The van der Waals surface area contributed by atoms with Gasteiger partial charge in [-0.05, 0) is 34.1 Å². The van der Waals surface area contributed by atoms with Crippen LogP contribution in [0.5, 0.6) is 0 Å². The highest BCUT2D eigenvalue weighted by molar-refractivity contribution is 6.60. The van der Waals surface area contributed by atoms with Crippen LogP contribution in [0.4, 0.5) is 0 Å². The van der Waals surface area contributed by atoms with Crippen molar-refractivity contribution in [1.82, 2.24) is 0 Å². The topological polar surface area (TPSA) is 81.7 Å². The molecule has 0 aromatic carbocycles. The van der Waals surface area contributed by atoms with E-state index in [1.807, 2.05) is 20.8 Å². The van der Waals surface area contributed by atoms with Crippen LogP contribution in [-0.2, 0) is 37.0 Å². The second kappa shape index (κ2) is 16.6. The fourth-order valence-electron chi connectivity index (χ4n) is 1.63. The highest BCUT2D eigenvalue weighted by atomic mass is 28.4. The Balaban J connectivity index is 4.65. The van der Waals surface area contributed by atoms with Crippen molar-refractivity contribution in [3.05, 3.63) is 12.2 Å². The van der Waals surface area contributed by atoms with Gasteiger partial charge < -0.3 is 32.2 Å². The molecule has 0 saturated carbocycles. The molecule has 148 valence electrons. The molecule has 0 aromatic rings. The molecule has 0 unspecified atom stereocenters. The van der Waals surface area contributed by atoms with Crippen LogP contribution in [0, 0.1) is 0 Å². The fourth-order valence-corrected chi connectivity index (χ4v) is 3.68. The average molecular weight is 381 g/mol. The van der Waals surface area contributed by atoms with E-state index >= 15 is 0 Å². The SMILES string of the molecule is CC=CC(=O)OCCC[Si](OCOCC)(OCOCC)OCOCC. The first-order valence-corrected chi connectivity index (χ1v) is 10.5. The average Bonchev–Trinajstić information content (AvgIpc) is 2.60. The zero-order valence-corrected chi connectivity index (χ0v) is 16.8. The van der Waals surface area contributed by atoms with Crippen LogP contribution in [-0.4, -0.2) is 61.6 Å². The lowest BCUT2D eigenvalue weighted by Gasteiger charge is -2.29. The van der Waals surface area contributed by atoms with Crippen molar-refractivity contribution in [3.8, 4) is 0 Å². The molecule has 0 aliphatic heterocycles. The van der Waals surface area contributed by atoms with Crippen molar-refractivity contribution in [2.45, 2.75) is 40.2 Å². The van der Waals surface area contributed by atoms with Gasteiger partial charge in [-0.1, -0.05) is 6.08 Å². The molecule has 0 atom stereocenters. The van der Waals surface area contributed by atoms with Gasteiger partial charge in [-0.25, -0.2) is 4.79 Å². The molecule has 0 amide bonds. The Morgan fingerprint density at radius 2 is 1.36 bits per heavy atom. The normalized spacial score (nSPS) is 12.0. The second-order valence-corrected chi connectivity index (χ2v) is 7.45. The Kier molecular flexibility index (Phi) is 16.1. The molecule has 0 saturated heterocycles. The lowest BCUT2D eigenvalue weighted by molar-refractivity contribution is -0.138. The van der Waals surface area contributed by atoms with Gasteiger partial charge in [-0.2, -0.15) is 0 Å². The Bertz CT molecular complexity index is 324. The molecule has 8 nitrogen and oxygen atoms in total. The van der Waals surface area contributed by atoms with Crippen LogP contribution in [0.1, 0.15) is 34.1 Å². The van der Waals surface area contributed by atoms with Crippen LogP contribution >= 0.6 is 0 Å². The lowest BCUT2D eigenvalue weighted by Crippen LogP contribution is -2.47. The summed E-state index contributed by atoms with van der Waals surface area (Å²) in [4.78, 5) is 11.3. The largest absolute Gasteiger partial charge is 0.506 e. The second-order valence-electron chi connectivity index (χ2n) is 4.72. The summed E-state index contributed by atoms with van der Waals surface area (Å²) < 4.78 is 38.2. The number of allylic oxidation sites excluding steroid dienone is 1. The number of hydrogen-bond donors (Lipinski definition) is 0. The molecule has 0 spiro atoms. The van der Waals surface area contributed by atoms with Gasteiger partial charge in [-0.15, -0.1) is 0 Å². The Labute approximate surface area is 151 Å². The van der Waals surface area contributed by atoms with E-state index in [-0.39, 0.29) is 33.0 Å². The summed E-state index contributed by atoms with van der Waals surface area (Å²) in [6.07, 6.45) is 3.52. The third kappa shape index (κ3) is 13.1. The van der Waals surface area contributed by atoms with Gasteiger partial charge in [0.05, 0.1) is 6.61 Å². The third-order valence-electron chi connectivity index (χ3n) is 2.87. The Morgan fingerprint density at radius 3 is 1.76 bits per heavy atom. The van der Waals surface area contributed by atoms with Crippen molar-refractivity contribution in [3.63, 3.8) is 0 Å². The van der Waals surface area contributed by atoms with E-state index in [0.717, 1.165) is 0 Å². The van der Waals surface area contributed by atoms with Crippen LogP contribution in [0.3, 0.4) is 0 Å². The smallest absolute Gasteiger partial charge is 0.463 e. The van der Waals surface area contributed by atoms with Gasteiger partial charge in [0.25, 0.3) is 0 Å². The van der Waals surface area contributed by atoms with Crippen molar-refractivity contribution in [2.75, 3.05) is 46.8 Å². The van der Waals surface area contributed by atoms with Gasteiger partial charge in [0.2, 0.25) is 0 Å². The first-order valence-electron chi connectivity index (χ1n) is 8.58. The monoisotopic (exact) mass is 380 g/mol. The number of carbonyl (C=O) groups is 1. The van der Waals surface area contributed by atoms with Crippen LogP contribution in [0.2, 0.25) is 6.04 Å². The predicted molar refractivity (Wildman–Crippen MR) is 93.7 cm³/mol. The van der Waals surface area contributed by atoms with Gasteiger partial charge in [-0.3, -0.25) is 0 Å². The van der Waals surface area contributed by atoms with E-state index in [1.54, 1.807) is 13.0 Å². The molecule has 0 N–H and O–H groups in total. The summed E-state index contributed by atoms with van der Waals surface area (Å²) in [7, 11) is -3.08. The highest BCUT2D eigenvalue weighted by Gasteiger charge is 2.41. The van der Waals surface area contributed by atoms with E-state index in [2.05, 4.69) is 0 Å². The summed E-state index contributed by atoms with van der Waals surface area (Å²) in [5.74, 6) is -0.379. The molecule has 0 aliphatic carbocycles. The van der Waals surface area contributed by atoms with Crippen LogP contribution in [0.15, 0.2) is 12.2 Å². The van der Waals surface area contributed by atoms with Gasteiger partial charge >= 0.3 is 14.8 Å². The number of carbonyl (C=O) groups excluding carboxylic acids is 1. The number of ether oxygens (including phenoxy) is 4. The van der Waals surface area contributed by atoms with E-state index < -0.39 is 8.80 Å². The van der Waals surface area contributed by atoms with E-state index in [9.17, 15) is 4.79 Å². The van der Waals surface area contributed by atoms with Crippen molar-refractivity contribution in [1.29, 1.82) is 0 Å². The molecule has 0 rings (SSSR count). The van der Waals surface area contributed by atoms with Crippen LogP contribution in [0.25, 0.3) is 0 Å². The molecule has 0 radical (unpaired) electrons. The minimum absolute atomic E-state index is 0.0549. The molecule has 0 fully saturated rings. The molecule has 0 bridgehead atoms. The van der Waals surface area contributed by atoms with E-state index in [4.69, 9.17) is 32.2 Å². The molecule has 25 heavy (non-hydrogen) atoms. The summed E-state index contributed by atoms with van der Waals surface area (Å²) in [5, 5.41) is 0. The summed E-state index contributed by atoms with van der Waals surface area (Å²) in [6.45, 7) is 9.32. The van der Waals surface area contributed by atoms with E-state index in [0.29, 0.717) is 32.3 Å². The van der Waals surface area contributed by atoms with Gasteiger partial charge in [0, 0.05) is 31.9 Å². The van der Waals surface area contributed by atoms with Crippen molar-refractivity contribution < 1.29 is 37.0 Å². The molecule has 0 aliphatic rings. The maximum absolute atomic E-state index is 11.3. The van der Waals surface area contributed by atoms with Crippen molar-refractivity contribution >= 4 is 14.8 Å². The molecule has 0 heterocycles. The highest BCUT2D eigenvalue weighted by Crippen LogP contribution is 2.19. The van der Waals surface area contributed by atoms with Crippen LogP contribution < -0.4 is 0 Å². The summed E-state index contributed by atoms with van der Waals surface area (Å²) in [6, 6.07) is 0.448. The molecular formula is C16H32O8Si. The lowest BCUT2D eigenvalue weighted by atomic mass is 10.5. The quantitative estimate of drug-likeness (QED) is 0.125.